The molecule has 27 heavy (non-hydrogen) atoms. The Hall–Kier alpha value is -3.17. The van der Waals surface area contributed by atoms with Crippen LogP contribution in [0, 0.1) is 5.92 Å². The number of aromatic amines is 1. The maximum absolute atomic E-state index is 16.0. The minimum Gasteiger partial charge on any atom is -0.369 e. The van der Waals surface area contributed by atoms with E-state index in [4.69, 9.17) is 5.73 Å². The summed E-state index contributed by atoms with van der Waals surface area (Å²) in [5.74, 6) is -10.9. The minimum absolute atomic E-state index is 0.0355. The molecular formula is C17H17F3N6O. The number of carbonyl (C=O) groups is 1. The molecule has 0 saturated heterocycles. The van der Waals surface area contributed by atoms with Crippen molar-refractivity contribution in [2.45, 2.75) is 25.1 Å². The molecule has 0 radical (unpaired) electrons. The highest BCUT2D eigenvalue weighted by atomic mass is 19.3. The molecule has 0 aliphatic carbocycles. The summed E-state index contributed by atoms with van der Waals surface area (Å²) in [4.78, 5) is 25.7. The highest BCUT2D eigenvalue weighted by molar-refractivity contribution is 5.82. The normalized spacial score (nSPS) is 15.3. The molecule has 3 rings (SSSR count). The molecule has 0 saturated carbocycles. The van der Waals surface area contributed by atoms with Gasteiger partial charge in [0.1, 0.15) is 17.8 Å². The van der Waals surface area contributed by atoms with Crippen molar-refractivity contribution in [1.29, 1.82) is 0 Å². The summed E-state index contributed by atoms with van der Waals surface area (Å²) < 4.78 is 47.0. The number of nitrogens with two attached hydrogens (primary N) is 1. The quantitative estimate of drug-likeness (QED) is 0.548. The number of alkyl halides is 3. The Labute approximate surface area is 152 Å². The number of hydrogen-bond donors (Lipinski definition) is 3. The summed E-state index contributed by atoms with van der Waals surface area (Å²) in [7, 11) is 0. The zero-order valence-electron chi connectivity index (χ0n) is 14.3. The van der Waals surface area contributed by atoms with Gasteiger partial charge in [-0.2, -0.15) is 8.78 Å². The molecule has 0 aliphatic rings. The van der Waals surface area contributed by atoms with Crippen LogP contribution in [-0.4, -0.2) is 31.6 Å². The zero-order chi connectivity index (χ0) is 19.7. The third-order valence-corrected chi connectivity index (χ3v) is 4.37. The number of carbonyl (C=O) groups excluding carboxylic acids is 1. The summed E-state index contributed by atoms with van der Waals surface area (Å²) in [6.45, 7) is 1.40. The first-order chi connectivity index (χ1) is 12.8. The van der Waals surface area contributed by atoms with Gasteiger partial charge < -0.3 is 16.0 Å². The van der Waals surface area contributed by atoms with E-state index in [2.05, 4.69) is 25.3 Å². The Morgan fingerprint density at radius 1 is 1.30 bits per heavy atom. The number of aromatic nitrogens is 4. The van der Waals surface area contributed by atoms with Gasteiger partial charge in [-0.25, -0.2) is 19.3 Å². The van der Waals surface area contributed by atoms with Crippen molar-refractivity contribution in [3.05, 3.63) is 48.7 Å². The predicted octanol–water partition coefficient (Wildman–Crippen LogP) is 2.73. The largest absolute Gasteiger partial charge is 0.369 e. The Morgan fingerprint density at radius 3 is 2.70 bits per heavy atom. The number of nitrogens with one attached hydrogen (secondary N) is 2. The van der Waals surface area contributed by atoms with Crippen LogP contribution in [0.2, 0.25) is 0 Å². The van der Waals surface area contributed by atoms with Gasteiger partial charge in [0.2, 0.25) is 5.91 Å². The van der Waals surface area contributed by atoms with Crippen LogP contribution in [-0.2, 0) is 10.7 Å². The number of primary amides is 1. The zero-order valence-corrected chi connectivity index (χ0v) is 14.3. The lowest BCUT2D eigenvalue weighted by Gasteiger charge is -2.38. The van der Waals surface area contributed by atoms with E-state index < -0.39 is 29.1 Å². The van der Waals surface area contributed by atoms with Gasteiger partial charge in [0.05, 0.1) is 11.5 Å². The Morgan fingerprint density at radius 2 is 2.07 bits per heavy atom. The lowest BCUT2D eigenvalue weighted by Crippen LogP contribution is -2.57. The van der Waals surface area contributed by atoms with Crippen LogP contribution in [0.5, 0.6) is 0 Å². The van der Waals surface area contributed by atoms with Gasteiger partial charge in [0.25, 0.3) is 5.79 Å². The van der Waals surface area contributed by atoms with Crippen LogP contribution in [0.4, 0.5) is 19.0 Å². The topological polar surface area (TPSA) is 110 Å². The van der Waals surface area contributed by atoms with E-state index in [-0.39, 0.29) is 23.3 Å². The molecule has 2 unspecified atom stereocenters. The molecule has 142 valence electrons. The highest BCUT2D eigenvalue weighted by Crippen LogP contribution is 2.48. The number of hydrogen-bond acceptors (Lipinski definition) is 5. The molecule has 0 fully saturated rings. The van der Waals surface area contributed by atoms with Gasteiger partial charge >= 0.3 is 5.92 Å². The number of H-pyrrole nitrogens is 1. The Bertz CT molecular complexity index is 948. The summed E-state index contributed by atoms with van der Waals surface area (Å²) in [5.41, 5.74) is 4.77. The van der Waals surface area contributed by atoms with E-state index in [0.717, 1.165) is 12.5 Å². The van der Waals surface area contributed by atoms with E-state index in [1.165, 1.54) is 37.5 Å². The van der Waals surface area contributed by atoms with E-state index in [9.17, 15) is 4.79 Å². The average molecular weight is 378 g/mol. The van der Waals surface area contributed by atoms with Gasteiger partial charge in [-0.3, -0.25) is 4.79 Å². The molecule has 3 aromatic heterocycles. The smallest absolute Gasteiger partial charge is 0.327 e. The van der Waals surface area contributed by atoms with Crippen LogP contribution in [0.25, 0.3) is 11.0 Å². The number of fused-ring (bicyclic) bond motifs is 1. The van der Waals surface area contributed by atoms with Gasteiger partial charge in [-0.1, -0.05) is 6.92 Å². The van der Waals surface area contributed by atoms with Crippen molar-refractivity contribution >= 4 is 22.8 Å². The Kier molecular flexibility index (Phi) is 4.73. The highest BCUT2D eigenvalue weighted by Gasteiger charge is 2.63. The molecule has 1 amide bonds. The second-order valence-electron chi connectivity index (χ2n) is 5.97. The minimum atomic E-state index is -4.14. The van der Waals surface area contributed by atoms with Crippen molar-refractivity contribution in [2.75, 3.05) is 5.32 Å². The fourth-order valence-electron chi connectivity index (χ4n) is 3.03. The maximum atomic E-state index is 16.0. The van der Waals surface area contributed by atoms with Crippen molar-refractivity contribution in [1.82, 2.24) is 19.9 Å². The number of nitrogens with zero attached hydrogens (tertiary/aromatic N) is 3. The number of halogens is 3. The Balaban J connectivity index is 2.17. The van der Waals surface area contributed by atoms with Gasteiger partial charge in [-0.05, 0) is 24.6 Å². The van der Waals surface area contributed by atoms with Crippen molar-refractivity contribution in [3.8, 4) is 0 Å². The summed E-state index contributed by atoms with van der Waals surface area (Å²) in [6, 6.07) is 4.06. The molecule has 4 N–H and O–H groups in total. The second-order valence-corrected chi connectivity index (χ2v) is 5.97. The van der Waals surface area contributed by atoms with Gasteiger partial charge in [-0.15, -0.1) is 0 Å². The second kappa shape index (κ2) is 6.86. The van der Waals surface area contributed by atoms with E-state index >= 15 is 13.2 Å². The first-order valence-electron chi connectivity index (χ1n) is 8.14. The molecule has 7 nitrogen and oxygen atoms in total. The lowest BCUT2D eigenvalue weighted by molar-refractivity contribution is -0.167. The van der Waals surface area contributed by atoms with Gasteiger partial charge in [0, 0.05) is 24.0 Å². The van der Waals surface area contributed by atoms with Crippen molar-refractivity contribution < 1.29 is 18.0 Å². The summed E-state index contributed by atoms with van der Waals surface area (Å²) in [5, 5.41) is 2.11. The molecule has 3 aromatic rings. The molecule has 0 spiro atoms. The van der Waals surface area contributed by atoms with Crippen LogP contribution >= 0.6 is 0 Å². The number of rotatable bonds is 7. The number of anilines is 1. The van der Waals surface area contributed by atoms with E-state index in [0.29, 0.717) is 0 Å². The molecule has 10 heteroatoms. The fraction of sp³-hybridized carbons (Fsp3) is 0.294. The average Bonchev–Trinajstić information content (AvgIpc) is 3.07. The van der Waals surface area contributed by atoms with Crippen LogP contribution in [0.1, 0.15) is 18.9 Å². The van der Waals surface area contributed by atoms with Gasteiger partial charge in [0.15, 0.2) is 0 Å². The van der Waals surface area contributed by atoms with E-state index in [1.807, 2.05) is 0 Å². The molecule has 0 aromatic carbocycles. The van der Waals surface area contributed by atoms with E-state index in [1.54, 1.807) is 0 Å². The maximum Gasteiger partial charge on any atom is 0.327 e. The third kappa shape index (κ3) is 3.07. The lowest BCUT2D eigenvalue weighted by atomic mass is 9.85. The SMILES string of the molecule is CCC(C(N)=O)C(F)(Nc1ccncn1)C(F)(F)c1c[nH]c2ncccc12. The molecule has 0 bridgehead atoms. The predicted molar refractivity (Wildman–Crippen MR) is 92.5 cm³/mol. The first kappa shape index (κ1) is 18.6. The molecular weight excluding hydrogens is 361 g/mol. The monoisotopic (exact) mass is 378 g/mol. The molecule has 0 aliphatic heterocycles. The van der Waals surface area contributed by atoms with Crippen LogP contribution in [0.3, 0.4) is 0 Å². The molecule has 2 atom stereocenters. The molecule has 3 heterocycles. The number of amides is 1. The standard InChI is InChI=1S/C17H17F3N6O/c1-2-11(14(21)27)17(20,26-13-5-7-22-9-25-13)16(18,19)12-8-24-15-10(12)4-3-6-23-15/h3-9,11H,2H2,1H3,(H2,21,27)(H,23,24)(H,22,25,26). The summed E-state index contributed by atoms with van der Waals surface area (Å²) in [6.07, 6.45) is 4.47. The van der Waals surface area contributed by atoms with Crippen molar-refractivity contribution in [2.24, 2.45) is 11.7 Å². The third-order valence-electron chi connectivity index (χ3n) is 4.37. The van der Waals surface area contributed by atoms with Crippen molar-refractivity contribution in [3.63, 3.8) is 0 Å². The number of pyridine rings is 1. The fourth-order valence-corrected chi connectivity index (χ4v) is 3.03. The van der Waals surface area contributed by atoms with Crippen LogP contribution in [0.15, 0.2) is 43.1 Å². The summed E-state index contributed by atoms with van der Waals surface area (Å²) >= 11 is 0. The van der Waals surface area contributed by atoms with Crippen LogP contribution < -0.4 is 11.1 Å². The first-order valence-corrected chi connectivity index (χ1v) is 8.14.